The standard InChI is InChI=1S/C56H70F3N7O11S2/c1-37-48(79-36-62-37)39-12-10-38(11-13-39)33-61-50(69)46-31-43(67)34-64(46)51(70)49(54(2,3)4)63-47(68)35-76-27-26-74-24-22-72-20-8-7-9-21-73-23-25-75-28-29-77-44-18-16-41(17-19-44)66-53(78)65(52(71)55(66,5)6)42-15-14-40(32-60)45(30-42)56(57,58)59/h10-19,30,36,43,46,49,67H,7-9,20-29,31,33-35H2,1-6H3,(H,61,69)(H,63,68)/t43-,46+,49-/m1/s1. The summed E-state index contributed by atoms with van der Waals surface area (Å²) in [6.45, 7) is 14.3. The number of thiazole rings is 1. The largest absolute Gasteiger partial charge is 0.491 e. The van der Waals surface area contributed by atoms with Gasteiger partial charge in [0.25, 0.3) is 5.91 Å². The van der Waals surface area contributed by atoms with Crippen molar-refractivity contribution in [1.29, 1.82) is 5.26 Å². The van der Waals surface area contributed by atoms with Crippen LogP contribution in [0.2, 0.25) is 0 Å². The van der Waals surface area contributed by atoms with E-state index in [4.69, 9.17) is 40.6 Å². The molecule has 79 heavy (non-hydrogen) atoms. The molecule has 4 amide bonds. The average Bonchev–Trinajstić information content (AvgIpc) is 4.29. The summed E-state index contributed by atoms with van der Waals surface area (Å²) in [5.74, 6) is -1.31. The van der Waals surface area contributed by atoms with Gasteiger partial charge in [-0.05, 0) is 111 Å². The van der Waals surface area contributed by atoms with Gasteiger partial charge in [-0.2, -0.15) is 18.4 Å². The number of hydrogen-bond donors (Lipinski definition) is 3. The molecule has 0 radical (unpaired) electrons. The number of ether oxygens (including phenoxy) is 6. The zero-order valence-corrected chi connectivity index (χ0v) is 47.0. The van der Waals surface area contributed by atoms with E-state index in [2.05, 4.69) is 15.6 Å². The lowest BCUT2D eigenvalue weighted by atomic mass is 9.85. The van der Waals surface area contributed by atoms with Crippen LogP contribution in [0.4, 0.5) is 24.5 Å². The second kappa shape index (κ2) is 28.9. The van der Waals surface area contributed by atoms with Gasteiger partial charge in [-0.15, -0.1) is 11.3 Å². The molecule has 0 saturated carbocycles. The number of hydrogen-bond acceptors (Lipinski definition) is 15. The van der Waals surface area contributed by atoms with Gasteiger partial charge >= 0.3 is 6.18 Å². The van der Waals surface area contributed by atoms with E-state index < -0.39 is 64.2 Å². The number of anilines is 2. The summed E-state index contributed by atoms with van der Waals surface area (Å²) in [6.07, 6.45) is -2.96. The van der Waals surface area contributed by atoms with Crippen LogP contribution in [-0.2, 0) is 55.6 Å². The van der Waals surface area contributed by atoms with Crippen LogP contribution in [0.5, 0.6) is 5.75 Å². The first-order chi connectivity index (χ1) is 37.6. The van der Waals surface area contributed by atoms with E-state index in [1.54, 1.807) is 65.9 Å². The van der Waals surface area contributed by atoms with Crippen LogP contribution in [-0.4, -0.2) is 147 Å². The van der Waals surface area contributed by atoms with Gasteiger partial charge < -0.3 is 54.0 Å². The lowest BCUT2D eigenvalue weighted by Gasteiger charge is -2.35. The first kappa shape index (κ1) is 62.1. The number of alkyl halides is 3. The number of thiocarbonyl (C=S) groups is 1. The SMILES string of the molecule is Cc1ncsc1-c1ccc(CNC(=O)[C@@H]2C[C@@H](O)CN2C(=O)[C@@H](NC(=O)COCCOCCOCCCCCOCCOCCOc2ccc(N3C(=S)N(c4ccc(C#N)c(C(F)(F)F)c4)C(=O)C3(C)C)cc2)C(C)(C)C)cc1. The molecule has 0 unspecified atom stereocenters. The summed E-state index contributed by atoms with van der Waals surface area (Å²) >= 11 is 7.18. The van der Waals surface area contributed by atoms with Gasteiger partial charge in [-0.25, -0.2) is 4.98 Å². The third-order valence-electron chi connectivity index (χ3n) is 13.1. The molecule has 6 rings (SSSR count). The molecule has 0 aliphatic carbocycles. The van der Waals surface area contributed by atoms with Crippen molar-refractivity contribution in [1.82, 2.24) is 20.5 Å². The number of nitrogens with zero attached hydrogens (tertiary/aromatic N) is 5. The van der Waals surface area contributed by atoms with Gasteiger partial charge in [0, 0.05) is 38.4 Å². The maximum Gasteiger partial charge on any atom is 0.417 e. The Kier molecular flexibility index (Phi) is 22.7. The number of nitrogens with one attached hydrogen (secondary N) is 2. The summed E-state index contributed by atoms with van der Waals surface area (Å²) in [7, 11) is 0. The van der Waals surface area contributed by atoms with E-state index in [1.165, 1.54) is 11.0 Å². The molecule has 2 aliphatic rings. The maximum atomic E-state index is 13.9. The molecule has 3 N–H and O–H groups in total. The average molecular weight is 1140 g/mol. The fourth-order valence-electron chi connectivity index (χ4n) is 8.86. The van der Waals surface area contributed by atoms with Gasteiger partial charge in [0.15, 0.2) is 5.11 Å². The predicted octanol–water partition coefficient (Wildman–Crippen LogP) is 7.37. The summed E-state index contributed by atoms with van der Waals surface area (Å²) < 4.78 is 74.9. The molecule has 2 fully saturated rings. The molecule has 3 heterocycles. The van der Waals surface area contributed by atoms with Crippen molar-refractivity contribution < 1.29 is 65.9 Å². The zero-order valence-electron chi connectivity index (χ0n) is 45.4. The molecule has 3 atom stereocenters. The Bertz CT molecular complexity index is 2730. The Labute approximate surface area is 468 Å². The lowest BCUT2D eigenvalue weighted by molar-refractivity contribution is -0.144. The topological polar surface area (TPSA) is 214 Å². The van der Waals surface area contributed by atoms with Crippen LogP contribution in [0.3, 0.4) is 0 Å². The second-order valence-corrected chi connectivity index (χ2v) is 21.7. The molecular formula is C56H70F3N7O11S2. The summed E-state index contributed by atoms with van der Waals surface area (Å²) in [4.78, 5) is 63.2. The second-order valence-electron chi connectivity index (χ2n) is 20.5. The number of aliphatic hydroxyl groups is 1. The number of β-amino-alcohol motifs (C(OH)–C–C–N with tert-alkyl or cyclic N) is 1. The number of amides is 4. The molecule has 428 valence electrons. The van der Waals surface area contributed by atoms with Crippen molar-refractivity contribution in [2.24, 2.45) is 5.41 Å². The smallest absolute Gasteiger partial charge is 0.417 e. The van der Waals surface area contributed by atoms with Crippen molar-refractivity contribution in [3.05, 3.63) is 94.6 Å². The number of carbonyl (C=O) groups is 4. The molecule has 23 heteroatoms. The Morgan fingerprint density at radius 1 is 0.861 bits per heavy atom. The van der Waals surface area contributed by atoms with E-state index in [0.29, 0.717) is 57.7 Å². The normalized spacial score (nSPS) is 16.8. The number of unbranched alkanes of at least 4 members (excludes halogenated alkanes) is 2. The molecule has 1 aromatic heterocycles. The number of carbonyl (C=O) groups excluding carboxylic acids is 4. The number of aromatic nitrogens is 1. The summed E-state index contributed by atoms with van der Waals surface area (Å²) in [5.41, 5.74) is 1.50. The van der Waals surface area contributed by atoms with Gasteiger partial charge in [-0.3, -0.25) is 24.1 Å². The third-order valence-corrected chi connectivity index (χ3v) is 14.4. The van der Waals surface area contributed by atoms with Crippen LogP contribution in [0, 0.1) is 23.7 Å². The first-order valence-corrected chi connectivity index (χ1v) is 27.4. The number of halogens is 3. The fraction of sp³-hybridized carbons (Fsp3) is 0.518. The Hall–Kier alpha value is -6.10. The van der Waals surface area contributed by atoms with Crippen molar-refractivity contribution >= 4 is 63.7 Å². The highest BCUT2D eigenvalue weighted by atomic mass is 32.1. The minimum Gasteiger partial charge on any atom is -0.491 e. The highest BCUT2D eigenvalue weighted by Gasteiger charge is 2.51. The highest BCUT2D eigenvalue weighted by molar-refractivity contribution is 7.81. The fourth-order valence-corrected chi connectivity index (χ4v) is 10.2. The Balaban J connectivity index is 0.754. The van der Waals surface area contributed by atoms with E-state index in [9.17, 15) is 42.7 Å². The van der Waals surface area contributed by atoms with Crippen LogP contribution in [0.1, 0.15) is 82.7 Å². The highest BCUT2D eigenvalue weighted by Crippen LogP contribution is 2.40. The molecule has 2 aliphatic heterocycles. The van der Waals surface area contributed by atoms with Crippen LogP contribution in [0.15, 0.2) is 72.2 Å². The number of nitriles is 1. The maximum absolute atomic E-state index is 13.9. The number of aryl methyl sites for hydroxylation is 1. The Morgan fingerprint density at radius 2 is 1.46 bits per heavy atom. The van der Waals surface area contributed by atoms with Crippen LogP contribution in [0.25, 0.3) is 10.4 Å². The van der Waals surface area contributed by atoms with E-state index >= 15 is 0 Å². The van der Waals surface area contributed by atoms with E-state index in [0.717, 1.165) is 58.0 Å². The summed E-state index contributed by atoms with van der Waals surface area (Å²) in [6, 6.07) is 17.4. The molecule has 3 aromatic carbocycles. The number of likely N-dealkylation sites (tertiary alicyclic amines) is 1. The molecule has 18 nitrogen and oxygen atoms in total. The minimum absolute atomic E-state index is 0.00328. The van der Waals surface area contributed by atoms with Crippen molar-refractivity contribution in [2.45, 2.75) is 104 Å². The van der Waals surface area contributed by atoms with Crippen LogP contribution >= 0.6 is 23.6 Å². The van der Waals surface area contributed by atoms with Crippen LogP contribution < -0.4 is 25.2 Å². The van der Waals surface area contributed by atoms with Crippen molar-refractivity contribution in [3.8, 4) is 22.3 Å². The Morgan fingerprint density at radius 3 is 2.04 bits per heavy atom. The zero-order chi connectivity index (χ0) is 57.3. The third kappa shape index (κ3) is 17.2. The van der Waals surface area contributed by atoms with E-state index in [1.807, 2.05) is 52.0 Å². The number of aliphatic hydroxyl groups excluding tert-OH is 1. The summed E-state index contributed by atoms with van der Waals surface area (Å²) in [5, 5.41) is 25.4. The van der Waals surface area contributed by atoms with Gasteiger partial charge in [0.2, 0.25) is 17.7 Å². The molecule has 4 aromatic rings. The minimum atomic E-state index is -4.80. The molecule has 0 bridgehead atoms. The molecular weight excluding hydrogens is 1070 g/mol. The van der Waals surface area contributed by atoms with Crippen molar-refractivity contribution in [3.63, 3.8) is 0 Å². The van der Waals surface area contributed by atoms with E-state index in [-0.39, 0.29) is 62.6 Å². The molecule has 0 spiro atoms. The lowest BCUT2D eigenvalue weighted by Crippen LogP contribution is -2.58. The monoisotopic (exact) mass is 1140 g/mol. The first-order valence-electron chi connectivity index (χ1n) is 26.1. The van der Waals surface area contributed by atoms with Gasteiger partial charge in [0.05, 0.1) is 91.3 Å². The van der Waals surface area contributed by atoms with Gasteiger partial charge in [-0.1, -0.05) is 45.0 Å². The van der Waals surface area contributed by atoms with Crippen molar-refractivity contribution in [2.75, 3.05) is 89.0 Å². The number of benzene rings is 3. The van der Waals surface area contributed by atoms with Gasteiger partial charge in [0.1, 0.15) is 36.6 Å². The quantitative estimate of drug-likeness (QED) is 0.0358. The predicted molar refractivity (Wildman–Crippen MR) is 294 cm³/mol. The molecule has 2 saturated heterocycles. The number of rotatable bonds is 29.